The van der Waals surface area contributed by atoms with Gasteiger partial charge in [0.15, 0.2) is 22.8 Å². The Morgan fingerprint density at radius 3 is 2.63 bits per heavy atom. The molecule has 1 fully saturated rings. The first kappa shape index (κ1) is 33.6. The number of nitrogen functional groups attached to an aromatic ring is 1. The van der Waals surface area contributed by atoms with Gasteiger partial charge in [-0.05, 0) is 20.8 Å². The summed E-state index contributed by atoms with van der Waals surface area (Å²) < 4.78 is 52.1. The van der Waals surface area contributed by atoms with Crippen LogP contribution in [-0.4, -0.2) is 84.2 Å². The van der Waals surface area contributed by atoms with Crippen LogP contribution in [0.4, 0.5) is 10.2 Å². The van der Waals surface area contributed by atoms with Gasteiger partial charge >= 0.3 is 13.7 Å². The fraction of sp³-hybridized carbons (Fsp3) is 0.696. The summed E-state index contributed by atoms with van der Waals surface area (Å²) in [5.74, 6) is -0.546. The SMILES string of the molecule is CC(C)OC(=O)C(C)NP(=O)(OCCSC(=O)C(C)(C)C)OC[C@H]1O[C@@H](n2cnc3c(N)ncnc32)[C@](F)(Cl)[C@@H]1O. The molecule has 41 heavy (non-hydrogen) atoms. The molecule has 0 radical (unpaired) electrons. The summed E-state index contributed by atoms with van der Waals surface area (Å²) in [6.45, 7) is 9.10. The van der Waals surface area contributed by atoms with E-state index in [4.69, 9.17) is 35.9 Å². The number of halogens is 2. The van der Waals surface area contributed by atoms with Gasteiger partial charge in [-0.3, -0.25) is 23.2 Å². The van der Waals surface area contributed by atoms with Crippen molar-refractivity contribution < 1.29 is 42.2 Å². The number of carbonyl (C=O) groups excluding carboxylic acids is 2. The van der Waals surface area contributed by atoms with Crippen molar-refractivity contribution >= 4 is 59.2 Å². The zero-order valence-electron chi connectivity index (χ0n) is 23.4. The van der Waals surface area contributed by atoms with Crippen LogP contribution < -0.4 is 10.8 Å². The number of hydrogen-bond donors (Lipinski definition) is 3. The zero-order valence-corrected chi connectivity index (χ0v) is 25.9. The number of carbonyl (C=O) groups is 2. The predicted molar refractivity (Wildman–Crippen MR) is 150 cm³/mol. The number of aromatic nitrogens is 4. The van der Waals surface area contributed by atoms with Crippen LogP contribution in [0.2, 0.25) is 0 Å². The summed E-state index contributed by atoms with van der Waals surface area (Å²) in [6.07, 6.45) is -3.13. The van der Waals surface area contributed by atoms with Crippen molar-refractivity contribution in [2.24, 2.45) is 5.41 Å². The lowest BCUT2D eigenvalue weighted by Gasteiger charge is -2.25. The molecule has 2 aromatic heterocycles. The van der Waals surface area contributed by atoms with E-state index in [2.05, 4.69) is 20.0 Å². The number of alkyl halides is 2. The maximum absolute atomic E-state index is 15.6. The third-order valence-corrected chi connectivity index (χ3v) is 9.05. The maximum atomic E-state index is 15.6. The number of ether oxygens (including phenoxy) is 2. The molecular weight excluding hydrogens is 606 g/mol. The van der Waals surface area contributed by atoms with Crippen molar-refractivity contribution in [3.05, 3.63) is 12.7 Å². The Balaban J connectivity index is 1.74. The number of nitrogens with zero attached hydrogens (tertiary/aromatic N) is 4. The minimum atomic E-state index is -4.31. The highest BCUT2D eigenvalue weighted by molar-refractivity contribution is 8.13. The molecule has 230 valence electrons. The van der Waals surface area contributed by atoms with Gasteiger partial charge in [0, 0.05) is 11.2 Å². The van der Waals surface area contributed by atoms with Gasteiger partial charge in [-0.2, -0.15) is 0 Å². The Kier molecular flexibility index (Phi) is 10.8. The predicted octanol–water partition coefficient (Wildman–Crippen LogP) is 2.95. The maximum Gasteiger partial charge on any atom is 0.406 e. The van der Waals surface area contributed by atoms with E-state index in [1.54, 1.807) is 34.6 Å². The van der Waals surface area contributed by atoms with Gasteiger partial charge in [0.1, 0.15) is 30.1 Å². The molecule has 1 aliphatic rings. The standard InChI is InChI=1S/C23H35ClFN6O8PS/c1-12(2)38-19(33)13(3)30-40(35,36-7-8-41-21(34)22(4,5)6)37-9-14-16(32)23(24,25)20(39-14)31-11-29-15-17(26)27-10-28-18(15)31/h10-14,16,20,32H,7-9H2,1-6H3,(H,30,35)(H2,26,27,28)/t13?,14-,16-,20-,23+,40?/m1/s1. The second kappa shape index (κ2) is 13.2. The molecule has 3 heterocycles. The molecule has 0 spiro atoms. The monoisotopic (exact) mass is 640 g/mol. The lowest BCUT2D eigenvalue weighted by molar-refractivity contribution is -0.149. The van der Waals surface area contributed by atoms with Gasteiger partial charge < -0.3 is 20.3 Å². The lowest BCUT2D eigenvalue weighted by Crippen LogP contribution is -2.39. The number of nitrogens with two attached hydrogens (primary N) is 1. The van der Waals surface area contributed by atoms with Gasteiger partial charge in [-0.25, -0.2) is 29.0 Å². The summed E-state index contributed by atoms with van der Waals surface area (Å²) in [4.78, 5) is 36.4. The van der Waals surface area contributed by atoms with Gasteiger partial charge in [0.05, 0.1) is 25.6 Å². The number of aliphatic hydroxyl groups is 1. The topological polar surface area (TPSA) is 190 Å². The summed E-state index contributed by atoms with van der Waals surface area (Å²) in [6, 6.07) is -1.13. The van der Waals surface area contributed by atoms with Crippen LogP contribution in [0.25, 0.3) is 11.2 Å². The van der Waals surface area contributed by atoms with Crippen LogP contribution in [-0.2, 0) is 32.7 Å². The summed E-state index contributed by atoms with van der Waals surface area (Å²) in [5.41, 5.74) is 5.48. The average molecular weight is 641 g/mol. The average Bonchev–Trinajstić information content (AvgIpc) is 3.38. The van der Waals surface area contributed by atoms with E-state index >= 15 is 4.39 Å². The van der Waals surface area contributed by atoms with Gasteiger partial charge in [-0.15, -0.1) is 0 Å². The number of fused-ring (bicyclic) bond motifs is 1. The number of thioether (sulfide) groups is 1. The number of aliphatic hydroxyl groups excluding tert-OH is 1. The van der Waals surface area contributed by atoms with Crippen molar-refractivity contribution in [1.82, 2.24) is 24.6 Å². The van der Waals surface area contributed by atoms with E-state index in [1.165, 1.54) is 13.3 Å². The van der Waals surface area contributed by atoms with Crippen molar-refractivity contribution in [1.29, 1.82) is 0 Å². The molecule has 0 aliphatic carbocycles. The highest BCUT2D eigenvalue weighted by atomic mass is 35.5. The van der Waals surface area contributed by atoms with E-state index in [-0.39, 0.29) is 34.5 Å². The molecule has 0 saturated carbocycles. The summed E-state index contributed by atoms with van der Waals surface area (Å²) >= 11 is 7.05. The lowest BCUT2D eigenvalue weighted by atomic mass is 10.00. The van der Waals surface area contributed by atoms with E-state index in [1.807, 2.05) is 0 Å². The van der Waals surface area contributed by atoms with Crippen LogP contribution in [0, 0.1) is 5.41 Å². The minimum Gasteiger partial charge on any atom is -0.462 e. The Labute approximate surface area is 245 Å². The van der Waals surface area contributed by atoms with Crippen LogP contribution in [0.1, 0.15) is 47.8 Å². The minimum absolute atomic E-state index is 0.0443. The molecule has 18 heteroatoms. The second-order valence-electron chi connectivity index (χ2n) is 10.6. The molecule has 6 atom stereocenters. The molecule has 3 rings (SSSR count). The zero-order chi connectivity index (χ0) is 30.8. The van der Waals surface area contributed by atoms with Gasteiger partial charge in [-0.1, -0.05) is 44.1 Å². The molecule has 14 nitrogen and oxygen atoms in total. The van der Waals surface area contributed by atoms with Crippen LogP contribution in [0.15, 0.2) is 12.7 Å². The number of rotatable bonds is 12. The summed E-state index contributed by atoms with van der Waals surface area (Å²) in [7, 11) is -4.31. The van der Waals surface area contributed by atoms with Crippen LogP contribution >= 0.6 is 31.1 Å². The Morgan fingerprint density at radius 1 is 1.32 bits per heavy atom. The second-order valence-corrected chi connectivity index (χ2v) is 14.0. The van der Waals surface area contributed by atoms with Crippen LogP contribution in [0.3, 0.4) is 0 Å². The number of nitrogens with one attached hydrogen (secondary N) is 1. The Morgan fingerprint density at radius 2 is 2.00 bits per heavy atom. The van der Waals surface area contributed by atoms with Crippen LogP contribution in [0.5, 0.6) is 0 Å². The molecule has 0 bridgehead atoms. The first-order valence-corrected chi connectivity index (χ1v) is 15.6. The van der Waals surface area contributed by atoms with E-state index in [9.17, 15) is 19.3 Å². The fourth-order valence-electron chi connectivity index (χ4n) is 3.56. The van der Waals surface area contributed by atoms with Crippen molar-refractivity contribution in [2.75, 3.05) is 24.7 Å². The molecule has 1 saturated heterocycles. The van der Waals surface area contributed by atoms with Crippen molar-refractivity contribution in [3.63, 3.8) is 0 Å². The highest BCUT2D eigenvalue weighted by Gasteiger charge is 2.58. The highest BCUT2D eigenvalue weighted by Crippen LogP contribution is 2.49. The smallest absolute Gasteiger partial charge is 0.406 e. The van der Waals surface area contributed by atoms with E-state index < -0.39 is 61.4 Å². The fourth-order valence-corrected chi connectivity index (χ4v) is 6.25. The van der Waals surface area contributed by atoms with Crippen molar-refractivity contribution in [2.45, 2.75) is 77.3 Å². The first-order chi connectivity index (χ1) is 19.0. The Hall–Kier alpha value is -1.91. The molecule has 0 aromatic carbocycles. The first-order valence-electron chi connectivity index (χ1n) is 12.6. The molecular formula is C23H35ClFN6O8PS. The molecule has 0 amide bonds. The third kappa shape index (κ3) is 8.14. The molecule has 2 unspecified atom stereocenters. The quantitative estimate of drug-likeness (QED) is 0.133. The van der Waals surface area contributed by atoms with E-state index in [0.29, 0.717) is 0 Å². The molecule has 2 aromatic rings. The van der Waals surface area contributed by atoms with Gasteiger partial charge in [0.25, 0.3) is 5.13 Å². The normalized spacial score (nSPS) is 25.4. The van der Waals surface area contributed by atoms with Crippen molar-refractivity contribution in [3.8, 4) is 0 Å². The number of imidazole rings is 1. The molecule has 1 aliphatic heterocycles. The third-order valence-electron chi connectivity index (χ3n) is 5.68. The largest absolute Gasteiger partial charge is 0.462 e. The van der Waals surface area contributed by atoms with E-state index in [0.717, 1.165) is 22.7 Å². The Bertz CT molecular complexity index is 1290. The number of hydrogen-bond acceptors (Lipinski definition) is 13. The summed E-state index contributed by atoms with van der Waals surface area (Å²) in [5, 5.41) is 10.2. The van der Waals surface area contributed by atoms with Gasteiger partial charge in [0.2, 0.25) is 0 Å². The molecule has 4 N–H and O–H groups in total. The number of anilines is 1. The number of esters is 1.